The molecule has 8 heteroatoms. The molecule has 0 radical (unpaired) electrons. The lowest BCUT2D eigenvalue weighted by molar-refractivity contribution is -0.118. The Morgan fingerprint density at radius 2 is 1.91 bits per heavy atom. The van der Waals surface area contributed by atoms with Gasteiger partial charge in [-0.2, -0.15) is 0 Å². The summed E-state index contributed by atoms with van der Waals surface area (Å²) in [5.41, 5.74) is 3.15. The molecule has 1 aliphatic rings. The van der Waals surface area contributed by atoms with Crippen molar-refractivity contribution in [3.05, 3.63) is 47.1 Å². The standard InChI is InChI=1S/C14H10FN3O3S/c15-9-3-1-8(2-4-9)10-5-6-11(22-10)13(20)17-18-7-12(19)16-14(18)21/h1-6H,7H2,(H,17,20)(H,16,19,21). The molecule has 1 aliphatic heterocycles. The molecular formula is C14H10FN3O3S. The molecule has 0 bridgehead atoms. The zero-order valence-electron chi connectivity index (χ0n) is 11.1. The molecule has 1 fully saturated rings. The van der Waals surface area contributed by atoms with Crippen molar-refractivity contribution >= 4 is 29.2 Å². The maximum Gasteiger partial charge on any atom is 0.343 e. The van der Waals surface area contributed by atoms with Crippen LogP contribution >= 0.6 is 11.3 Å². The van der Waals surface area contributed by atoms with Gasteiger partial charge in [0.15, 0.2) is 0 Å². The molecule has 4 amide bonds. The van der Waals surface area contributed by atoms with Gasteiger partial charge in [0.1, 0.15) is 12.4 Å². The van der Waals surface area contributed by atoms with E-state index in [9.17, 15) is 18.8 Å². The Kier molecular flexibility index (Phi) is 3.60. The third-order valence-electron chi connectivity index (χ3n) is 2.99. The number of hydrogen-bond acceptors (Lipinski definition) is 4. The van der Waals surface area contributed by atoms with Crippen LogP contribution in [0.1, 0.15) is 9.67 Å². The van der Waals surface area contributed by atoms with E-state index < -0.39 is 17.8 Å². The predicted octanol–water partition coefficient (Wildman–Crippen LogP) is 1.75. The van der Waals surface area contributed by atoms with E-state index in [-0.39, 0.29) is 12.4 Å². The summed E-state index contributed by atoms with van der Waals surface area (Å²) in [6.07, 6.45) is 0. The summed E-state index contributed by atoms with van der Waals surface area (Å²) >= 11 is 1.21. The SMILES string of the molecule is O=C1CN(NC(=O)c2ccc(-c3ccc(F)cc3)s2)C(=O)N1. The molecule has 2 aromatic rings. The first kappa shape index (κ1) is 14.2. The zero-order valence-corrected chi connectivity index (χ0v) is 11.9. The molecule has 0 aliphatic carbocycles. The third-order valence-corrected chi connectivity index (χ3v) is 4.12. The number of nitrogens with zero attached hydrogens (tertiary/aromatic N) is 1. The number of nitrogens with one attached hydrogen (secondary N) is 2. The number of hydrogen-bond donors (Lipinski definition) is 2. The van der Waals surface area contributed by atoms with Crippen molar-refractivity contribution in [3.63, 3.8) is 0 Å². The van der Waals surface area contributed by atoms with E-state index in [1.807, 2.05) is 0 Å². The highest BCUT2D eigenvalue weighted by Gasteiger charge is 2.28. The predicted molar refractivity (Wildman–Crippen MR) is 77.4 cm³/mol. The van der Waals surface area contributed by atoms with Crippen molar-refractivity contribution in [3.8, 4) is 10.4 Å². The molecule has 1 aromatic carbocycles. The van der Waals surface area contributed by atoms with Gasteiger partial charge in [0.05, 0.1) is 4.88 Å². The van der Waals surface area contributed by atoms with Crippen molar-refractivity contribution in [2.75, 3.05) is 6.54 Å². The average Bonchev–Trinajstić information content (AvgIpc) is 3.07. The van der Waals surface area contributed by atoms with Crippen LogP contribution in [0.2, 0.25) is 0 Å². The fourth-order valence-electron chi connectivity index (χ4n) is 1.94. The lowest BCUT2D eigenvalue weighted by Gasteiger charge is -2.13. The van der Waals surface area contributed by atoms with E-state index in [0.29, 0.717) is 4.88 Å². The normalized spacial score (nSPS) is 14.1. The minimum absolute atomic E-state index is 0.208. The highest BCUT2D eigenvalue weighted by Crippen LogP contribution is 2.28. The van der Waals surface area contributed by atoms with Crippen molar-refractivity contribution in [1.82, 2.24) is 15.8 Å². The monoisotopic (exact) mass is 319 g/mol. The summed E-state index contributed by atoms with van der Waals surface area (Å²) in [5, 5.41) is 2.98. The van der Waals surface area contributed by atoms with Crippen LogP contribution in [0.25, 0.3) is 10.4 Å². The Morgan fingerprint density at radius 1 is 1.18 bits per heavy atom. The number of halogens is 1. The number of carbonyl (C=O) groups is 3. The van der Waals surface area contributed by atoms with Gasteiger partial charge in [-0.05, 0) is 29.8 Å². The van der Waals surface area contributed by atoms with Gasteiger partial charge in [0, 0.05) is 4.88 Å². The van der Waals surface area contributed by atoms with Crippen LogP contribution in [0.15, 0.2) is 36.4 Å². The van der Waals surface area contributed by atoms with Gasteiger partial charge in [-0.15, -0.1) is 11.3 Å². The zero-order chi connectivity index (χ0) is 15.7. The number of rotatable bonds is 3. The Balaban J connectivity index is 1.73. The average molecular weight is 319 g/mol. The lowest BCUT2D eigenvalue weighted by Crippen LogP contribution is -2.43. The molecule has 0 saturated carbocycles. The number of carbonyl (C=O) groups excluding carboxylic acids is 3. The number of urea groups is 1. The highest BCUT2D eigenvalue weighted by atomic mass is 32.1. The molecule has 0 atom stereocenters. The van der Waals surface area contributed by atoms with E-state index in [0.717, 1.165) is 15.4 Å². The molecule has 6 nitrogen and oxygen atoms in total. The van der Waals surface area contributed by atoms with E-state index in [1.54, 1.807) is 24.3 Å². The molecule has 1 saturated heterocycles. The molecule has 2 N–H and O–H groups in total. The molecule has 3 rings (SSSR count). The van der Waals surface area contributed by atoms with E-state index in [1.165, 1.54) is 23.5 Å². The maximum atomic E-state index is 12.9. The maximum absolute atomic E-state index is 12.9. The molecule has 0 unspecified atom stereocenters. The number of thiophene rings is 1. The minimum atomic E-state index is -0.659. The number of amides is 4. The Bertz CT molecular complexity index is 757. The summed E-state index contributed by atoms with van der Waals surface area (Å²) in [4.78, 5) is 35.6. The van der Waals surface area contributed by atoms with Gasteiger partial charge >= 0.3 is 6.03 Å². The molecule has 112 valence electrons. The topological polar surface area (TPSA) is 78.5 Å². The largest absolute Gasteiger partial charge is 0.343 e. The van der Waals surface area contributed by atoms with Gasteiger partial charge in [0.2, 0.25) is 5.91 Å². The second-order valence-electron chi connectivity index (χ2n) is 4.55. The highest BCUT2D eigenvalue weighted by molar-refractivity contribution is 7.17. The van der Waals surface area contributed by atoms with Crippen LogP contribution in [-0.2, 0) is 4.79 Å². The molecule has 1 aromatic heterocycles. The van der Waals surface area contributed by atoms with Crippen LogP contribution < -0.4 is 10.7 Å². The van der Waals surface area contributed by atoms with E-state index >= 15 is 0 Å². The quantitative estimate of drug-likeness (QED) is 0.846. The van der Waals surface area contributed by atoms with Crippen LogP contribution in [0, 0.1) is 5.82 Å². The molecule has 22 heavy (non-hydrogen) atoms. The number of imide groups is 1. The van der Waals surface area contributed by atoms with Crippen molar-refractivity contribution in [2.45, 2.75) is 0 Å². The first-order valence-corrected chi connectivity index (χ1v) is 7.13. The van der Waals surface area contributed by atoms with Crippen LogP contribution in [0.4, 0.5) is 9.18 Å². The number of hydrazine groups is 1. The minimum Gasteiger partial charge on any atom is -0.275 e. The summed E-state index contributed by atoms with van der Waals surface area (Å²) in [5.74, 6) is -1.28. The third kappa shape index (κ3) is 2.82. The van der Waals surface area contributed by atoms with Gasteiger partial charge in [-0.3, -0.25) is 20.3 Å². The summed E-state index contributed by atoms with van der Waals surface area (Å²) in [6.45, 7) is -0.208. The smallest absolute Gasteiger partial charge is 0.275 e. The van der Waals surface area contributed by atoms with Gasteiger partial charge in [0.25, 0.3) is 5.91 Å². The van der Waals surface area contributed by atoms with Gasteiger partial charge in [-0.25, -0.2) is 14.2 Å². The molecular weight excluding hydrogens is 309 g/mol. The van der Waals surface area contributed by atoms with Crippen molar-refractivity contribution < 1.29 is 18.8 Å². The number of benzene rings is 1. The van der Waals surface area contributed by atoms with Gasteiger partial charge < -0.3 is 0 Å². The summed E-state index contributed by atoms with van der Waals surface area (Å²) in [7, 11) is 0. The van der Waals surface area contributed by atoms with Crippen LogP contribution in [-0.4, -0.2) is 29.4 Å². The lowest BCUT2D eigenvalue weighted by atomic mass is 10.2. The summed E-state index contributed by atoms with van der Waals surface area (Å²) < 4.78 is 12.9. The fraction of sp³-hybridized carbons (Fsp3) is 0.0714. The van der Waals surface area contributed by atoms with Crippen molar-refractivity contribution in [2.24, 2.45) is 0 Å². The Hall–Kier alpha value is -2.74. The summed E-state index contributed by atoms with van der Waals surface area (Å²) in [6, 6.07) is 8.61. The Labute approximate surface area is 128 Å². The fourth-order valence-corrected chi connectivity index (χ4v) is 2.84. The van der Waals surface area contributed by atoms with E-state index in [2.05, 4.69) is 10.7 Å². The van der Waals surface area contributed by atoms with Crippen LogP contribution in [0.3, 0.4) is 0 Å². The van der Waals surface area contributed by atoms with E-state index in [4.69, 9.17) is 0 Å². The second kappa shape index (κ2) is 5.57. The van der Waals surface area contributed by atoms with Gasteiger partial charge in [-0.1, -0.05) is 12.1 Å². The van der Waals surface area contributed by atoms with Crippen molar-refractivity contribution in [1.29, 1.82) is 0 Å². The Morgan fingerprint density at radius 3 is 2.55 bits per heavy atom. The van der Waals surface area contributed by atoms with Crippen LogP contribution in [0.5, 0.6) is 0 Å². The molecule has 2 heterocycles. The first-order chi connectivity index (χ1) is 10.5. The molecule has 0 spiro atoms. The first-order valence-electron chi connectivity index (χ1n) is 6.31. The second-order valence-corrected chi connectivity index (χ2v) is 5.63.